The van der Waals surface area contributed by atoms with Crippen molar-refractivity contribution in [3.05, 3.63) is 78.2 Å². The molecule has 2 N–H and O–H groups in total. The van der Waals surface area contributed by atoms with Crippen molar-refractivity contribution in [3.63, 3.8) is 0 Å². The van der Waals surface area contributed by atoms with E-state index >= 15 is 0 Å². The summed E-state index contributed by atoms with van der Waals surface area (Å²) in [4.78, 5) is 25.0. The number of carbonyl (C=O) groups excluding carboxylic acids is 1. The molecule has 4 atom stereocenters. The Hall–Kier alpha value is -4.35. The topological polar surface area (TPSA) is 110 Å². The number of ether oxygens (including phenoxy) is 1. The highest BCUT2D eigenvalue weighted by atomic mass is 19.1. The molecule has 1 saturated carbocycles. The number of aromatic nitrogens is 5. The van der Waals surface area contributed by atoms with E-state index in [1.807, 2.05) is 54.2 Å². The third-order valence-corrected chi connectivity index (χ3v) is 8.39. The molecule has 11 heteroatoms. The van der Waals surface area contributed by atoms with E-state index in [0.717, 1.165) is 28.9 Å². The molecule has 0 spiro atoms. The zero-order chi connectivity index (χ0) is 28.8. The summed E-state index contributed by atoms with van der Waals surface area (Å²) in [5.41, 5.74) is 4.09. The average molecular weight is 570 g/mol. The van der Waals surface area contributed by atoms with Gasteiger partial charge in [0.05, 0.1) is 36.7 Å². The van der Waals surface area contributed by atoms with Gasteiger partial charge in [-0.2, -0.15) is 9.61 Å². The molecule has 216 valence electrons. The fourth-order valence-corrected chi connectivity index (χ4v) is 5.89. The maximum atomic E-state index is 14.9. The van der Waals surface area contributed by atoms with Crippen molar-refractivity contribution in [2.75, 3.05) is 25.2 Å². The summed E-state index contributed by atoms with van der Waals surface area (Å²) in [6.45, 7) is 1.18. The van der Waals surface area contributed by atoms with Crippen molar-refractivity contribution >= 4 is 17.4 Å². The summed E-state index contributed by atoms with van der Waals surface area (Å²) in [5, 5.41) is 17.5. The van der Waals surface area contributed by atoms with Gasteiger partial charge in [-0.05, 0) is 37.0 Å². The molecule has 3 aromatic rings. The first-order valence-corrected chi connectivity index (χ1v) is 14.3. The predicted molar refractivity (Wildman–Crippen MR) is 155 cm³/mol. The number of hydrogen-bond acceptors (Lipinski definition) is 7. The van der Waals surface area contributed by atoms with Crippen LogP contribution in [-0.4, -0.2) is 73.7 Å². The van der Waals surface area contributed by atoms with E-state index < -0.39 is 12.3 Å². The van der Waals surface area contributed by atoms with Crippen LogP contribution in [0, 0.1) is 0 Å². The highest BCUT2D eigenvalue weighted by Crippen LogP contribution is 2.37. The van der Waals surface area contributed by atoms with Crippen molar-refractivity contribution < 1.29 is 19.0 Å². The van der Waals surface area contributed by atoms with Crippen LogP contribution in [0.4, 0.5) is 10.2 Å². The van der Waals surface area contributed by atoms with Crippen LogP contribution in [-0.2, 0) is 11.3 Å². The van der Waals surface area contributed by atoms with Crippen molar-refractivity contribution in [2.24, 2.45) is 0 Å². The molecule has 4 aliphatic rings. The van der Waals surface area contributed by atoms with E-state index in [9.17, 15) is 14.3 Å². The Labute approximate surface area is 242 Å². The number of pyridine rings is 1. The molecular weight excluding hydrogens is 537 g/mol. The number of aliphatic hydroxyl groups is 1. The second kappa shape index (κ2) is 10.8. The number of aliphatic hydroxyl groups excluding tert-OH is 1. The fraction of sp³-hybridized carbons (Fsp3) is 0.355. The minimum absolute atomic E-state index is 0.0703. The van der Waals surface area contributed by atoms with Crippen LogP contribution < -0.4 is 10.2 Å². The van der Waals surface area contributed by atoms with Gasteiger partial charge < -0.3 is 24.6 Å². The number of amides is 1. The number of halogens is 1. The maximum Gasteiger partial charge on any atom is 0.257 e. The lowest BCUT2D eigenvalue weighted by Gasteiger charge is -2.32. The molecule has 2 aromatic heterocycles. The number of alkyl halides is 1. The third-order valence-electron chi connectivity index (χ3n) is 8.39. The van der Waals surface area contributed by atoms with E-state index in [2.05, 4.69) is 27.4 Å². The van der Waals surface area contributed by atoms with Gasteiger partial charge in [-0.1, -0.05) is 30.3 Å². The summed E-state index contributed by atoms with van der Waals surface area (Å²) < 4.78 is 23.8. The average Bonchev–Trinajstić information content (AvgIpc) is 3.64. The molecule has 3 aliphatic heterocycles. The second-order valence-electron chi connectivity index (χ2n) is 11.1. The largest absolute Gasteiger partial charge is 0.391 e. The lowest BCUT2D eigenvalue weighted by molar-refractivity contribution is 0.00346. The molecular formula is C31H32FN7O3. The van der Waals surface area contributed by atoms with Crippen molar-refractivity contribution in [3.8, 4) is 22.6 Å². The summed E-state index contributed by atoms with van der Waals surface area (Å²) >= 11 is 0. The lowest BCUT2D eigenvalue weighted by atomic mass is 9.89. The molecule has 7 rings (SSSR count). The summed E-state index contributed by atoms with van der Waals surface area (Å²) in [6.07, 6.45) is 5.45. The Morgan fingerprint density at radius 1 is 1.14 bits per heavy atom. The first-order chi connectivity index (χ1) is 20.5. The van der Waals surface area contributed by atoms with E-state index in [0.29, 0.717) is 48.7 Å². The van der Waals surface area contributed by atoms with Crippen LogP contribution >= 0.6 is 0 Å². The Balaban J connectivity index is 1.31. The van der Waals surface area contributed by atoms with Gasteiger partial charge in [0, 0.05) is 49.8 Å². The number of anilines is 1. The number of carbonyl (C=O) groups is 1. The maximum absolute atomic E-state index is 14.9. The van der Waals surface area contributed by atoms with Crippen LogP contribution in [0.3, 0.4) is 0 Å². The molecule has 1 saturated heterocycles. The van der Waals surface area contributed by atoms with E-state index in [1.165, 1.54) is 6.20 Å². The first-order valence-electron chi connectivity index (χ1n) is 14.3. The fourth-order valence-electron chi connectivity index (χ4n) is 5.89. The van der Waals surface area contributed by atoms with Gasteiger partial charge in [0.25, 0.3) is 5.91 Å². The minimum atomic E-state index is -1.12. The second-order valence-corrected chi connectivity index (χ2v) is 11.1. The SMILES string of the molecule is CN(Cc1ccccc1)c1cc(-c2cnc3n([C@@H]4CCOC[C@@H]4F)cccc2-3)nc2c(C(=O)NC3CC[C@H]3O)cnn12. The molecule has 42 heavy (non-hydrogen) atoms. The zero-order valence-corrected chi connectivity index (χ0v) is 23.2. The van der Waals surface area contributed by atoms with Crippen LogP contribution in [0.15, 0.2) is 67.1 Å². The first kappa shape index (κ1) is 26.5. The molecule has 1 aliphatic carbocycles. The van der Waals surface area contributed by atoms with Crippen molar-refractivity contribution in [1.82, 2.24) is 29.5 Å². The van der Waals surface area contributed by atoms with Gasteiger partial charge in [-0.25, -0.2) is 14.4 Å². The number of nitrogens with one attached hydrogen (secondary N) is 1. The van der Waals surface area contributed by atoms with E-state index in [1.54, 1.807) is 10.7 Å². The van der Waals surface area contributed by atoms with Crippen LogP contribution in [0.25, 0.3) is 28.3 Å². The van der Waals surface area contributed by atoms with Gasteiger partial charge in [-0.3, -0.25) is 4.79 Å². The number of hydrogen-bond donors (Lipinski definition) is 2. The Kier molecular flexibility index (Phi) is 6.83. The predicted octanol–water partition coefficient (Wildman–Crippen LogP) is 3.89. The van der Waals surface area contributed by atoms with Gasteiger partial charge in [0.15, 0.2) is 5.65 Å². The summed E-state index contributed by atoms with van der Waals surface area (Å²) in [7, 11) is 1.97. The Morgan fingerprint density at radius 3 is 2.76 bits per heavy atom. The molecule has 1 amide bonds. The van der Waals surface area contributed by atoms with Crippen LogP contribution in [0.5, 0.6) is 0 Å². The lowest BCUT2D eigenvalue weighted by Crippen LogP contribution is -2.50. The normalized spacial score (nSPS) is 22.3. The molecule has 5 heterocycles. The zero-order valence-electron chi connectivity index (χ0n) is 23.2. The van der Waals surface area contributed by atoms with Gasteiger partial charge in [-0.15, -0.1) is 0 Å². The highest BCUT2D eigenvalue weighted by Gasteiger charge is 2.32. The molecule has 2 fully saturated rings. The molecule has 10 nitrogen and oxygen atoms in total. The standard InChI is InChI=1S/C31H32FN7O3/c1-37(17-19-6-3-2-4-7-19)28-14-25(35-30-22(16-34-39(28)30)31(41)36-24-9-10-27(24)40)21-15-33-29-20(21)8-5-12-38(29)26-11-13-42-18-23(26)32/h2-8,12,14-16,23-24,26-27,40H,9-11,13,17-18H2,1H3,(H,36,41)/t23-,24?,26+,27+/m0/s1. The summed E-state index contributed by atoms with van der Waals surface area (Å²) in [6, 6.07) is 15.3. The van der Waals surface area contributed by atoms with Crippen LogP contribution in [0.2, 0.25) is 0 Å². The van der Waals surface area contributed by atoms with E-state index in [4.69, 9.17) is 14.7 Å². The number of benzene rings is 1. The number of rotatable bonds is 7. The van der Waals surface area contributed by atoms with Gasteiger partial charge in [0.1, 0.15) is 23.4 Å². The van der Waals surface area contributed by atoms with E-state index in [-0.39, 0.29) is 24.6 Å². The minimum Gasteiger partial charge on any atom is -0.391 e. The quantitative estimate of drug-likeness (QED) is 0.306. The Bertz CT molecular complexity index is 1700. The summed E-state index contributed by atoms with van der Waals surface area (Å²) in [5.74, 6) is 1.09. The Morgan fingerprint density at radius 2 is 2.00 bits per heavy atom. The van der Waals surface area contributed by atoms with Crippen molar-refractivity contribution in [1.29, 1.82) is 0 Å². The highest BCUT2D eigenvalue weighted by molar-refractivity contribution is 6.00. The number of fused-ring (bicyclic) bond motifs is 2. The smallest absolute Gasteiger partial charge is 0.257 e. The molecule has 1 aromatic carbocycles. The molecule has 0 radical (unpaired) electrons. The van der Waals surface area contributed by atoms with Gasteiger partial charge in [0.2, 0.25) is 0 Å². The molecule has 0 bridgehead atoms. The number of nitrogens with zero attached hydrogens (tertiary/aromatic N) is 6. The third kappa shape index (κ3) is 4.68. The monoisotopic (exact) mass is 569 g/mol. The van der Waals surface area contributed by atoms with Crippen LogP contribution in [0.1, 0.15) is 41.2 Å². The van der Waals surface area contributed by atoms with Gasteiger partial charge >= 0.3 is 0 Å². The van der Waals surface area contributed by atoms with Crippen molar-refractivity contribution in [2.45, 2.75) is 50.2 Å². The molecule has 1 unspecified atom stereocenters.